The number of rotatable bonds is 5. The van der Waals surface area contributed by atoms with Crippen LogP contribution in [0.2, 0.25) is 0 Å². The van der Waals surface area contributed by atoms with Crippen LogP contribution in [0.3, 0.4) is 0 Å². The molecule has 0 aromatic carbocycles. The molecule has 0 atom stereocenters. The maximum absolute atomic E-state index is 10.6. The lowest BCUT2D eigenvalue weighted by atomic mass is 10.3. The number of hydrogen-bond acceptors (Lipinski definition) is 3. The highest BCUT2D eigenvalue weighted by Crippen LogP contribution is 2.02. The van der Waals surface area contributed by atoms with Crippen molar-refractivity contribution in [1.29, 1.82) is 0 Å². The molecule has 0 rings (SSSR count). The minimum absolute atomic E-state index is 0.110. The lowest BCUT2D eigenvalue weighted by molar-refractivity contribution is -0.147. The van der Waals surface area contributed by atoms with Crippen LogP contribution in [-0.2, 0) is 14.3 Å². The molecule has 0 bridgehead atoms. The Kier molecular flexibility index (Phi) is 5.84. The van der Waals surface area contributed by atoms with Crippen molar-refractivity contribution in [2.45, 2.75) is 17.7 Å². The number of carbonyl (C=O) groups is 2. The second-order valence-electron chi connectivity index (χ2n) is 1.97. The molecule has 0 aromatic heterocycles. The van der Waals surface area contributed by atoms with E-state index in [1.165, 1.54) is 0 Å². The van der Waals surface area contributed by atoms with Crippen molar-refractivity contribution in [2.24, 2.45) is 0 Å². The fourth-order valence-electron chi connectivity index (χ4n) is 0.437. The molecule has 12 heavy (non-hydrogen) atoms. The minimum atomic E-state index is -1.04. The molecule has 0 radical (unpaired) electrons. The van der Waals surface area contributed by atoms with Crippen LogP contribution in [0.5, 0.6) is 0 Å². The zero-order valence-corrected chi connectivity index (χ0v) is 7.64. The summed E-state index contributed by atoms with van der Waals surface area (Å²) in [4.78, 5) is 19.9. The molecule has 0 unspecified atom stereocenters. The zero-order valence-electron chi connectivity index (χ0n) is 6.13. The number of ether oxygens (including phenoxy) is 1. The van der Waals surface area contributed by atoms with Gasteiger partial charge in [-0.05, 0) is 0 Å². The number of carbonyl (C=O) groups excluding carboxylic acids is 1. The van der Waals surface area contributed by atoms with Gasteiger partial charge in [0.05, 0.1) is 12.8 Å². The average molecular weight is 215 g/mol. The summed E-state index contributed by atoms with van der Waals surface area (Å²) >= 11 is 10.5. The third-order valence-electron chi connectivity index (χ3n) is 0.913. The lowest BCUT2D eigenvalue weighted by Gasteiger charge is -2.02. The highest BCUT2D eigenvalue weighted by molar-refractivity contribution is 6.44. The van der Waals surface area contributed by atoms with E-state index in [0.717, 1.165) is 0 Å². The first kappa shape index (κ1) is 11.5. The van der Waals surface area contributed by atoms with Gasteiger partial charge in [0, 0.05) is 0 Å². The Morgan fingerprint density at radius 2 is 1.92 bits per heavy atom. The van der Waals surface area contributed by atoms with E-state index in [1.807, 2.05) is 0 Å². The molecule has 4 nitrogen and oxygen atoms in total. The molecular weight excluding hydrogens is 207 g/mol. The number of halogens is 2. The van der Waals surface area contributed by atoms with Crippen molar-refractivity contribution in [3.63, 3.8) is 0 Å². The summed E-state index contributed by atoms with van der Waals surface area (Å²) in [5, 5.41) is 8.18. The average Bonchev–Trinajstić information content (AvgIpc) is 1.96. The molecule has 0 saturated heterocycles. The summed E-state index contributed by atoms with van der Waals surface area (Å²) in [6.07, 6.45) is -0.399. The van der Waals surface area contributed by atoms with Crippen LogP contribution >= 0.6 is 23.2 Å². The van der Waals surface area contributed by atoms with Gasteiger partial charge in [-0.3, -0.25) is 9.59 Å². The second kappa shape index (κ2) is 6.08. The SMILES string of the molecule is O=C(O)CCC(=O)OCC(Cl)Cl. The van der Waals surface area contributed by atoms with Crippen molar-refractivity contribution in [3.8, 4) is 0 Å². The summed E-state index contributed by atoms with van der Waals surface area (Å²) < 4.78 is 4.49. The van der Waals surface area contributed by atoms with Crippen LogP contribution in [0.4, 0.5) is 0 Å². The van der Waals surface area contributed by atoms with E-state index in [2.05, 4.69) is 4.74 Å². The van der Waals surface area contributed by atoms with E-state index in [-0.39, 0.29) is 19.4 Å². The molecule has 0 heterocycles. The largest absolute Gasteiger partial charge is 0.481 e. The third kappa shape index (κ3) is 7.63. The van der Waals surface area contributed by atoms with Crippen molar-refractivity contribution in [2.75, 3.05) is 6.61 Å². The van der Waals surface area contributed by atoms with Gasteiger partial charge in [0.1, 0.15) is 11.4 Å². The Hall–Kier alpha value is -0.480. The number of hydrogen-bond donors (Lipinski definition) is 1. The van der Waals surface area contributed by atoms with Gasteiger partial charge in [0.15, 0.2) is 0 Å². The number of esters is 1. The quantitative estimate of drug-likeness (QED) is 0.552. The van der Waals surface area contributed by atoms with E-state index in [4.69, 9.17) is 28.3 Å². The molecule has 0 aromatic rings. The van der Waals surface area contributed by atoms with Gasteiger partial charge in [-0.1, -0.05) is 0 Å². The van der Waals surface area contributed by atoms with E-state index >= 15 is 0 Å². The lowest BCUT2D eigenvalue weighted by Crippen LogP contribution is -2.11. The summed E-state index contributed by atoms with van der Waals surface area (Å²) in [5.41, 5.74) is 0. The Labute approximate surface area is 79.4 Å². The Balaban J connectivity index is 3.40. The summed E-state index contributed by atoms with van der Waals surface area (Å²) in [5.74, 6) is -1.65. The maximum Gasteiger partial charge on any atom is 0.306 e. The Morgan fingerprint density at radius 3 is 2.33 bits per heavy atom. The molecule has 6 heteroatoms. The molecule has 0 saturated carbocycles. The first-order valence-corrected chi connectivity index (χ1v) is 4.05. The third-order valence-corrected chi connectivity index (χ3v) is 1.17. The fraction of sp³-hybridized carbons (Fsp3) is 0.667. The standard InChI is InChI=1S/C6H8Cl2O4/c7-4(8)3-12-6(11)2-1-5(9)10/h4H,1-3H2,(H,9,10). The van der Waals surface area contributed by atoms with Crippen LogP contribution in [0.15, 0.2) is 0 Å². The number of alkyl halides is 2. The van der Waals surface area contributed by atoms with Crippen molar-refractivity contribution < 1.29 is 19.4 Å². The van der Waals surface area contributed by atoms with Gasteiger partial charge in [-0.25, -0.2) is 0 Å². The zero-order chi connectivity index (χ0) is 9.56. The minimum Gasteiger partial charge on any atom is -0.481 e. The molecule has 0 aliphatic carbocycles. The van der Waals surface area contributed by atoms with Gasteiger partial charge in [0.2, 0.25) is 0 Å². The van der Waals surface area contributed by atoms with Crippen molar-refractivity contribution >= 4 is 35.1 Å². The summed E-state index contributed by atoms with van der Waals surface area (Å²) in [6, 6.07) is 0. The predicted octanol–water partition coefficient (Wildman–Crippen LogP) is 1.20. The molecule has 0 aliphatic rings. The Bertz CT molecular complexity index is 169. The van der Waals surface area contributed by atoms with Gasteiger partial charge in [-0.15, -0.1) is 23.2 Å². The van der Waals surface area contributed by atoms with Crippen LogP contribution < -0.4 is 0 Å². The smallest absolute Gasteiger partial charge is 0.306 e. The van der Waals surface area contributed by atoms with Crippen molar-refractivity contribution in [1.82, 2.24) is 0 Å². The first-order chi connectivity index (χ1) is 5.52. The van der Waals surface area contributed by atoms with E-state index in [1.54, 1.807) is 0 Å². The van der Waals surface area contributed by atoms with Gasteiger partial charge in [-0.2, -0.15) is 0 Å². The van der Waals surface area contributed by atoms with Crippen LogP contribution in [-0.4, -0.2) is 28.5 Å². The number of carboxylic acid groups (broad SMARTS) is 1. The molecule has 0 amide bonds. The normalized spacial score (nSPS) is 9.92. The van der Waals surface area contributed by atoms with E-state index in [9.17, 15) is 9.59 Å². The molecular formula is C6H8Cl2O4. The van der Waals surface area contributed by atoms with Crippen molar-refractivity contribution in [3.05, 3.63) is 0 Å². The highest BCUT2D eigenvalue weighted by atomic mass is 35.5. The monoisotopic (exact) mass is 214 g/mol. The molecule has 0 fully saturated rings. The van der Waals surface area contributed by atoms with Crippen LogP contribution in [0, 0.1) is 0 Å². The maximum atomic E-state index is 10.6. The number of carboxylic acids is 1. The molecule has 70 valence electrons. The Morgan fingerprint density at radius 1 is 1.33 bits per heavy atom. The number of aliphatic carboxylic acids is 1. The van der Waals surface area contributed by atoms with Gasteiger partial charge < -0.3 is 9.84 Å². The first-order valence-electron chi connectivity index (χ1n) is 3.18. The molecule has 0 spiro atoms. The summed E-state index contributed by atoms with van der Waals surface area (Å²) in [7, 11) is 0. The van der Waals surface area contributed by atoms with E-state index in [0.29, 0.717) is 0 Å². The van der Waals surface area contributed by atoms with Gasteiger partial charge >= 0.3 is 11.9 Å². The fourth-order valence-corrected chi connectivity index (χ4v) is 0.563. The summed E-state index contributed by atoms with van der Waals surface area (Å²) in [6.45, 7) is -0.110. The van der Waals surface area contributed by atoms with Crippen LogP contribution in [0.1, 0.15) is 12.8 Å². The van der Waals surface area contributed by atoms with E-state index < -0.39 is 16.8 Å². The van der Waals surface area contributed by atoms with Gasteiger partial charge in [0.25, 0.3) is 0 Å². The molecule has 1 N–H and O–H groups in total. The molecule has 0 aliphatic heterocycles. The van der Waals surface area contributed by atoms with Crippen LogP contribution in [0.25, 0.3) is 0 Å². The second-order valence-corrected chi connectivity index (χ2v) is 3.24. The predicted molar refractivity (Wildman–Crippen MR) is 43.3 cm³/mol. The highest BCUT2D eigenvalue weighted by Gasteiger charge is 2.08. The topological polar surface area (TPSA) is 63.6 Å².